The average Bonchev–Trinajstić information content (AvgIpc) is 3.19. The summed E-state index contributed by atoms with van der Waals surface area (Å²) in [6.45, 7) is 11.1. The maximum Gasteiger partial charge on any atom is 0.229 e. The number of aryl methyl sites for hydroxylation is 2. The number of carbonyl (C=O) groups excluding carboxylic acids is 2. The normalized spacial score (nSPS) is 15.7. The number of aliphatic hydroxyl groups excluding tert-OH is 2. The van der Waals surface area contributed by atoms with Crippen LogP contribution in [0.25, 0.3) is 55.0 Å². The van der Waals surface area contributed by atoms with Gasteiger partial charge in [0, 0.05) is 67.9 Å². The van der Waals surface area contributed by atoms with Gasteiger partial charge in [-0.25, -0.2) is 0 Å². The lowest BCUT2D eigenvalue weighted by molar-refractivity contribution is -0.113. The van der Waals surface area contributed by atoms with E-state index >= 15 is 0 Å². The molecule has 0 heterocycles. The number of phenols is 2. The van der Waals surface area contributed by atoms with Gasteiger partial charge in [-0.2, -0.15) is 0 Å². The Labute approximate surface area is 336 Å². The van der Waals surface area contributed by atoms with E-state index in [4.69, 9.17) is 0 Å². The van der Waals surface area contributed by atoms with E-state index in [2.05, 4.69) is 10.6 Å². The zero-order valence-electron chi connectivity index (χ0n) is 33.2. The van der Waals surface area contributed by atoms with E-state index in [0.717, 1.165) is 32.9 Å². The topological polar surface area (TPSA) is 139 Å². The molecule has 290 valence electrons. The number of allylic oxidation sites excluding steroid dienone is 4. The van der Waals surface area contributed by atoms with Crippen LogP contribution in [-0.2, 0) is 9.59 Å². The summed E-state index contributed by atoms with van der Waals surface area (Å²) >= 11 is 0. The molecule has 0 aliphatic heterocycles. The van der Waals surface area contributed by atoms with Crippen LogP contribution >= 0.6 is 0 Å². The molecule has 8 rings (SSSR count). The Morgan fingerprint density at radius 2 is 0.862 bits per heavy atom. The van der Waals surface area contributed by atoms with Crippen molar-refractivity contribution in [2.24, 2.45) is 11.8 Å². The zero-order chi connectivity index (χ0) is 41.2. The van der Waals surface area contributed by atoms with Crippen molar-refractivity contribution in [2.75, 3.05) is 10.6 Å². The van der Waals surface area contributed by atoms with Crippen molar-refractivity contribution in [3.8, 4) is 22.6 Å². The standard InChI is InChI=1S/C50H44N2O6/c1-25(2)39-33-21-27(5)41(47(55)43(33)35(45(53)49(39)57)23-51-37-19-11-15-29-13-7-9-17-31(29)37)42-28(6)22-34-40(26(3)4)50(58)46(54)36(44(34)48(42)56)24-52-38-20-12-16-30-14-8-10-18-32(30)38/h7-26,51-52,55-58H,1-6H3. The number of Topliss-reactive ketones (excluding diaryl/α,β-unsaturated/α-hetero) is 2. The second-order valence-electron chi connectivity index (χ2n) is 15.6. The van der Waals surface area contributed by atoms with Crippen LogP contribution in [0.15, 0.2) is 121 Å². The molecule has 6 aromatic carbocycles. The fourth-order valence-corrected chi connectivity index (χ4v) is 8.63. The van der Waals surface area contributed by atoms with Crippen molar-refractivity contribution in [1.82, 2.24) is 0 Å². The SMILES string of the molecule is Cc1cc2c(c(O)c1-c1c(C)cc3c(c1O)C(=CNc1cccc4ccccc14)C(=O)C(O)=C3C(C)C)C(=CNc1cccc3ccccc13)C(=O)C(O)=C2C(C)C. The van der Waals surface area contributed by atoms with Gasteiger partial charge in [0.05, 0.1) is 11.1 Å². The van der Waals surface area contributed by atoms with Crippen molar-refractivity contribution in [3.63, 3.8) is 0 Å². The number of hydrogen-bond acceptors (Lipinski definition) is 8. The Morgan fingerprint density at radius 3 is 1.24 bits per heavy atom. The molecular weight excluding hydrogens is 725 g/mol. The molecule has 6 aromatic rings. The number of fused-ring (bicyclic) bond motifs is 4. The molecular formula is C50H44N2O6. The molecule has 8 nitrogen and oxygen atoms in total. The Balaban J connectivity index is 1.35. The van der Waals surface area contributed by atoms with Crippen molar-refractivity contribution in [1.29, 1.82) is 0 Å². The second kappa shape index (κ2) is 14.5. The van der Waals surface area contributed by atoms with Crippen molar-refractivity contribution >= 4 is 66.8 Å². The number of aromatic hydroxyl groups is 2. The summed E-state index contributed by atoms with van der Waals surface area (Å²) < 4.78 is 0. The summed E-state index contributed by atoms with van der Waals surface area (Å²) in [5, 5.41) is 58.2. The lowest BCUT2D eigenvalue weighted by Crippen LogP contribution is -2.20. The fraction of sp³-hybridized carbons (Fsp3) is 0.160. The molecule has 0 spiro atoms. The highest BCUT2D eigenvalue weighted by Crippen LogP contribution is 2.53. The van der Waals surface area contributed by atoms with Gasteiger partial charge in [-0.3, -0.25) is 9.59 Å². The smallest absolute Gasteiger partial charge is 0.229 e. The second-order valence-corrected chi connectivity index (χ2v) is 15.6. The van der Waals surface area contributed by atoms with Crippen molar-refractivity contribution < 1.29 is 30.0 Å². The monoisotopic (exact) mass is 768 g/mol. The number of benzene rings is 6. The first-order valence-corrected chi connectivity index (χ1v) is 19.4. The molecule has 0 saturated heterocycles. The molecule has 58 heavy (non-hydrogen) atoms. The molecule has 0 saturated carbocycles. The Bertz CT molecular complexity index is 2680. The molecule has 0 unspecified atom stereocenters. The van der Waals surface area contributed by atoms with Crippen LogP contribution in [0.3, 0.4) is 0 Å². The maximum absolute atomic E-state index is 14.1. The number of phenolic OH excluding ortho intramolecular Hbond substituents is 2. The summed E-state index contributed by atoms with van der Waals surface area (Å²) in [5.74, 6) is -3.18. The summed E-state index contributed by atoms with van der Waals surface area (Å²) in [6, 6.07) is 30.8. The minimum atomic E-state index is -0.655. The molecule has 2 aliphatic carbocycles. The number of rotatable bonds is 7. The number of anilines is 2. The lowest BCUT2D eigenvalue weighted by atomic mass is 9.75. The average molecular weight is 769 g/mol. The fourth-order valence-electron chi connectivity index (χ4n) is 8.63. The van der Waals surface area contributed by atoms with E-state index in [1.165, 1.54) is 12.4 Å². The first-order valence-electron chi connectivity index (χ1n) is 19.4. The van der Waals surface area contributed by atoms with Gasteiger partial charge in [0.2, 0.25) is 11.6 Å². The van der Waals surface area contributed by atoms with Crippen LogP contribution in [0, 0.1) is 25.7 Å². The highest BCUT2D eigenvalue weighted by Gasteiger charge is 2.38. The number of aliphatic hydroxyl groups is 2. The molecule has 8 heteroatoms. The number of nitrogens with one attached hydrogen (secondary N) is 2. The van der Waals surface area contributed by atoms with E-state index in [-0.39, 0.29) is 56.7 Å². The first kappa shape index (κ1) is 37.8. The van der Waals surface area contributed by atoms with E-state index < -0.39 is 23.1 Å². The molecule has 0 atom stereocenters. The van der Waals surface area contributed by atoms with Crippen molar-refractivity contribution in [3.05, 3.63) is 154 Å². The highest BCUT2D eigenvalue weighted by atomic mass is 16.3. The van der Waals surface area contributed by atoms with E-state index in [0.29, 0.717) is 33.4 Å². The third-order valence-corrected chi connectivity index (χ3v) is 11.3. The first-order chi connectivity index (χ1) is 27.8. The van der Waals surface area contributed by atoms with Crippen LogP contribution in [0.4, 0.5) is 11.4 Å². The highest BCUT2D eigenvalue weighted by molar-refractivity contribution is 6.35. The summed E-state index contributed by atoms with van der Waals surface area (Å²) in [6.07, 6.45) is 3.02. The van der Waals surface area contributed by atoms with Gasteiger partial charge in [-0.15, -0.1) is 0 Å². The minimum absolute atomic E-state index is 0.0451. The van der Waals surface area contributed by atoms with Gasteiger partial charge >= 0.3 is 0 Å². The summed E-state index contributed by atoms with van der Waals surface area (Å²) in [5.41, 5.74) is 5.43. The Hall–Kier alpha value is -7.06. The van der Waals surface area contributed by atoms with Gasteiger partial charge in [0.15, 0.2) is 11.5 Å². The molecule has 6 N–H and O–H groups in total. The predicted octanol–water partition coefficient (Wildman–Crippen LogP) is 11.6. The van der Waals surface area contributed by atoms with Gasteiger partial charge in [-0.05, 0) is 70.8 Å². The van der Waals surface area contributed by atoms with Crippen molar-refractivity contribution in [2.45, 2.75) is 41.5 Å². The molecule has 0 amide bonds. The molecule has 2 aliphatic rings. The van der Waals surface area contributed by atoms with E-state index in [1.54, 1.807) is 13.8 Å². The van der Waals surface area contributed by atoms with Crippen LogP contribution in [0.1, 0.15) is 61.1 Å². The van der Waals surface area contributed by atoms with Gasteiger partial charge < -0.3 is 31.1 Å². The molecule has 0 fully saturated rings. The van der Waals surface area contributed by atoms with Gasteiger partial charge in [0.1, 0.15) is 11.5 Å². The largest absolute Gasteiger partial charge is 0.507 e. The third-order valence-electron chi connectivity index (χ3n) is 11.3. The van der Waals surface area contributed by atoms with Crippen LogP contribution < -0.4 is 10.6 Å². The predicted molar refractivity (Wildman–Crippen MR) is 235 cm³/mol. The van der Waals surface area contributed by atoms with Crippen LogP contribution in [0.2, 0.25) is 0 Å². The zero-order valence-corrected chi connectivity index (χ0v) is 33.2. The van der Waals surface area contributed by atoms with E-state index in [1.807, 2.05) is 125 Å². The third kappa shape index (κ3) is 6.00. The lowest BCUT2D eigenvalue weighted by Gasteiger charge is -2.29. The Kier molecular flexibility index (Phi) is 9.44. The number of carbonyl (C=O) groups is 2. The molecule has 0 radical (unpaired) electrons. The number of ketones is 2. The molecule has 0 aromatic heterocycles. The van der Waals surface area contributed by atoms with Gasteiger partial charge in [0.25, 0.3) is 0 Å². The van der Waals surface area contributed by atoms with E-state index in [9.17, 15) is 30.0 Å². The Morgan fingerprint density at radius 1 is 0.500 bits per heavy atom. The molecule has 0 bridgehead atoms. The van der Waals surface area contributed by atoms with Crippen LogP contribution in [0.5, 0.6) is 11.5 Å². The maximum atomic E-state index is 14.1. The van der Waals surface area contributed by atoms with Crippen LogP contribution in [-0.4, -0.2) is 32.0 Å². The minimum Gasteiger partial charge on any atom is -0.507 e. The summed E-state index contributed by atoms with van der Waals surface area (Å²) in [7, 11) is 0. The number of hydrogen-bond donors (Lipinski definition) is 6. The van der Waals surface area contributed by atoms with Gasteiger partial charge in [-0.1, -0.05) is 113 Å². The summed E-state index contributed by atoms with van der Waals surface area (Å²) in [4.78, 5) is 28.2. The quantitative estimate of drug-likeness (QED) is 0.0883.